The first-order valence-corrected chi connectivity index (χ1v) is 17.7. The fourth-order valence-electron chi connectivity index (χ4n) is 6.03. The highest BCUT2D eigenvalue weighted by Crippen LogP contribution is 2.52. The highest BCUT2D eigenvalue weighted by Gasteiger charge is 2.29. The van der Waals surface area contributed by atoms with Crippen molar-refractivity contribution in [1.82, 2.24) is 4.40 Å². The van der Waals surface area contributed by atoms with E-state index in [-0.39, 0.29) is 35.2 Å². The molecule has 5 rings (SSSR count). The first-order chi connectivity index (χ1) is 24.3. The summed E-state index contributed by atoms with van der Waals surface area (Å²) in [6.45, 7) is 7.41. The van der Waals surface area contributed by atoms with Crippen LogP contribution in [0.5, 0.6) is 46.0 Å². The average molecular weight is 724 g/mol. The van der Waals surface area contributed by atoms with Crippen molar-refractivity contribution in [1.29, 1.82) is 0 Å². The summed E-state index contributed by atoms with van der Waals surface area (Å²) < 4.78 is 72.0. The highest BCUT2D eigenvalue weighted by atomic mass is 32.2. The number of carbonyl (C=O) groups is 1. The van der Waals surface area contributed by atoms with Gasteiger partial charge in [0.2, 0.25) is 5.75 Å². The van der Waals surface area contributed by atoms with Crippen LogP contribution in [0, 0.1) is 0 Å². The molecule has 0 radical (unpaired) electrons. The number of aromatic hydroxyl groups is 1. The van der Waals surface area contributed by atoms with E-state index in [1.54, 1.807) is 36.5 Å². The van der Waals surface area contributed by atoms with Gasteiger partial charge in [0.15, 0.2) is 34.5 Å². The fourth-order valence-corrected chi connectivity index (χ4v) is 6.36. The molecule has 3 aromatic carbocycles. The number of ether oxygens (including phenoxy) is 7. The van der Waals surface area contributed by atoms with E-state index < -0.39 is 16.7 Å². The summed E-state index contributed by atoms with van der Waals surface area (Å²) in [5.41, 5.74) is 3.05. The third kappa shape index (κ3) is 7.28. The zero-order valence-corrected chi connectivity index (χ0v) is 30.7. The van der Waals surface area contributed by atoms with Crippen LogP contribution in [0.1, 0.15) is 33.3 Å². The summed E-state index contributed by atoms with van der Waals surface area (Å²) in [6.07, 6.45) is 4.15. The molecule has 0 amide bonds. The number of hydrogen-bond donors (Lipinski definition) is 1. The molecular weight excluding hydrogens is 682 g/mol. The zero-order valence-electron chi connectivity index (χ0n) is 29.9. The van der Waals surface area contributed by atoms with Crippen molar-refractivity contribution in [3.63, 3.8) is 0 Å². The maximum Gasteiger partial charge on any atom is 0.298 e. The first-order valence-electron chi connectivity index (χ1n) is 15.9. The van der Waals surface area contributed by atoms with Crippen LogP contribution in [0.2, 0.25) is 0 Å². The second kappa shape index (κ2) is 14.9. The number of methoxy groups -OCH3 is 4. The summed E-state index contributed by atoms with van der Waals surface area (Å²) in [5.74, 6) is 1.72. The van der Waals surface area contributed by atoms with Crippen molar-refractivity contribution in [3.05, 3.63) is 54.4 Å². The number of phenols is 1. The number of nitrogens with zero attached hydrogens (tertiary/aromatic N) is 1. The van der Waals surface area contributed by atoms with E-state index >= 15 is 0 Å². The van der Waals surface area contributed by atoms with Crippen LogP contribution < -0.4 is 33.2 Å². The second-order valence-electron chi connectivity index (χ2n) is 12.1. The Bertz CT molecular complexity index is 2210. The molecule has 1 N–H and O–H groups in total. The number of pyridine rings is 1. The molecule has 13 nitrogen and oxygen atoms in total. The number of hydrogen-bond acceptors (Lipinski definition) is 12. The number of aromatic nitrogens is 1. The Morgan fingerprint density at radius 1 is 0.784 bits per heavy atom. The predicted molar refractivity (Wildman–Crippen MR) is 192 cm³/mol. The maximum atomic E-state index is 12.3. The molecule has 0 unspecified atom stereocenters. The van der Waals surface area contributed by atoms with Gasteiger partial charge < -0.3 is 42.7 Å². The van der Waals surface area contributed by atoms with Crippen molar-refractivity contribution in [3.8, 4) is 68.2 Å². The van der Waals surface area contributed by atoms with Gasteiger partial charge in [-0.2, -0.15) is 8.42 Å². The molecule has 0 bridgehead atoms. The van der Waals surface area contributed by atoms with Gasteiger partial charge >= 0.3 is 0 Å². The minimum absolute atomic E-state index is 0.00113. The monoisotopic (exact) mass is 723 g/mol. The number of fused-ring (bicyclic) bond motifs is 3. The van der Waals surface area contributed by atoms with Gasteiger partial charge in [-0.3, -0.25) is 8.98 Å². The molecule has 272 valence electrons. The molecule has 14 heteroatoms. The maximum absolute atomic E-state index is 12.3. The van der Waals surface area contributed by atoms with Crippen molar-refractivity contribution in [2.75, 3.05) is 34.7 Å². The molecule has 51 heavy (non-hydrogen) atoms. The molecule has 0 spiro atoms. The molecule has 0 fully saturated rings. The number of carbonyl (C=O) groups excluding carboxylic acids is 1. The van der Waals surface area contributed by atoms with Crippen LogP contribution in [0.3, 0.4) is 0 Å². The van der Waals surface area contributed by atoms with Crippen molar-refractivity contribution >= 4 is 32.9 Å². The van der Waals surface area contributed by atoms with Crippen molar-refractivity contribution in [2.45, 2.75) is 46.5 Å². The van der Waals surface area contributed by atoms with Gasteiger partial charge in [-0.25, -0.2) is 0 Å². The third-order valence-corrected chi connectivity index (χ3v) is 8.47. The summed E-state index contributed by atoms with van der Waals surface area (Å²) in [6, 6.07) is 10.4. The lowest BCUT2D eigenvalue weighted by atomic mass is 9.93. The third-order valence-electron chi connectivity index (χ3n) is 7.93. The van der Waals surface area contributed by atoms with Crippen LogP contribution in [0.15, 0.2) is 48.8 Å². The van der Waals surface area contributed by atoms with Crippen molar-refractivity contribution < 1.29 is 55.7 Å². The lowest BCUT2D eigenvalue weighted by Crippen LogP contribution is -2.07. The summed E-state index contributed by atoms with van der Waals surface area (Å²) in [4.78, 5) is 11.9. The Labute approximate surface area is 296 Å². The standard InChI is InChI=1S/C37H41NO12S/c1-20(2)49-27-11-10-22(14-29(27)43-5)32-25(24-15-30(44-6)31(50-21(3)4)16-28(24)47-19-39)17-38-13-12-23-33(34(32)38)26(18-48-51(9,41)42)36(45-7)37(46-8)35(23)40/h10-17,19-21,40H,18H2,1-9H3. The number of rotatable bonds is 15. The zero-order chi connectivity index (χ0) is 37.2. The topological polar surface area (TPSA) is 150 Å². The van der Waals surface area contributed by atoms with Gasteiger partial charge in [-0.15, -0.1) is 0 Å². The summed E-state index contributed by atoms with van der Waals surface area (Å²) in [7, 11) is 1.86. The van der Waals surface area contributed by atoms with E-state index in [2.05, 4.69) is 0 Å². The van der Waals surface area contributed by atoms with E-state index in [0.29, 0.717) is 73.6 Å². The Morgan fingerprint density at radius 3 is 2.02 bits per heavy atom. The molecule has 0 atom stereocenters. The van der Waals surface area contributed by atoms with E-state index in [1.165, 1.54) is 28.4 Å². The van der Waals surface area contributed by atoms with Gasteiger partial charge in [0.05, 0.1) is 59.0 Å². The van der Waals surface area contributed by atoms with Crippen LogP contribution in [-0.4, -0.2) is 71.3 Å². The molecule has 2 aromatic heterocycles. The van der Waals surface area contributed by atoms with E-state index in [4.69, 9.17) is 37.3 Å². The minimum atomic E-state index is -3.93. The number of benzene rings is 3. The highest BCUT2D eigenvalue weighted by molar-refractivity contribution is 7.85. The molecule has 0 aliphatic carbocycles. The quantitative estimate of drug-likeness (QED) is 0.0899. The lowest BCUT2D eigenvalue weighted by molar-refractivity contribution is -0.120. The van der Waals surface area contributed by atoms with Crippen LogP contribution in [0.4, 0.5) is 0 Å². The lowest BCUT2D eigenvalue weighted by Gasteiger charge is -2.20. The van der Waals surface area contributed by atoms with E-state index in [0.717, 1.165) is 6.26 Å². The number of phenolic OH excluding ortho intramolecular Hbond substituents is 1. The molecule has 0 aliphatic rings. The Balaban J connectivity index is 2.01. The van der Waals surface area contributed by atoms with E-state index in [9.17, 15) is 18.3 Å². The molecule has 5 aromatic rings. The van der Waals surface area contributed by atoms with Gasteiger partial charge in [-0.05, 0) is 57.5 Å². The fraction of sp³-hybridized carbons (Fsp3) is 0.324. The summed E-state index contributed by atoms with van der Waals surface area (Å²) in [5, 5.41) is 12.3. The van der Waals surface area contributed by atoms with Crippen LogP contribution >= 0.6 is 0 Å². The minimum Gasteiger partial charge on any atom is -0.504 e. The van der Waals surface area contributed by atoms with E-state index in [1.807, 2.05) is 44.4 Å². The molecule has 2 heterocycles. The van der Waals surface area contributed by atoms with Gasteiger partial charge in [0.1, 0.15) is 5.75 Å². The second-order valence-corrected chi connectivity index (χ2v) is 13.7. The van der Waals surface area contributed by atoms with Crippen LogP contribution in [-0.2, 0) is 25.7 Å². The molecule has 0 saturated heterocycles. The molecule has 0 saturated carbocycles. The summed E-state index contributed by atoms with van der Waals surface area (Å²) >= 11 is 0. The Morgan fingerprint density at radius 2 is 1.43 bits per heavy atom. The Kier molecular flexibility index (Phi) is 10.8. The smallest absolute Gasteiger partial charge is 0.298 e. The molecule has 0 aliphatic heterocycles. The predicted octanol–water partition coefficient (Wildman–Crippen LogP) is 6.75. The normalized spacial score (nSPS) is 11.7. The van der Waals surface area contributed by atoms with Crippen LogP contribution in [0.25, 0.3) is 38.5 Å². The SMILES string of the molecule is COc1cc(-c2c(-c3cc(OC)c(OC(C)C)cc3OC=O)cn3ccc4c(O)c(OC)c(OC)c(COS(C)(=O)=O)c4c23)ccc1OC(C)C. The van der Waals surface area contributed by atoms with Gasteiger partial charge in [0.25, 0.3) is 16.6 Å². The van der Waals surface area contributed by atoms with Gasteiger partial charge in [-0.1, -0.05) is 6.07 Å². The Hall–Kier alpha value is -5.34. The largest absolute Gasteiger partial charge is 0.504 e. The first kappa shape index (κ1) is 36.9. The molecular formula is C37H41NO12S. The van der Waals surface area contributed by atoms with Crippen molar-refractivity contribution in [2.24, 2.45) is 0 Å². The van der Waals surface area contributed by atoms with Gasteiger partial charge in [0, 0.05) is 51.5 Å². The average Bonchev–Trinajstić information content (AvgIpc) is 3.46.